The molecule has 0 aliphatic carbocycles. The molecule has 0 spiro atoms. The minimum Gasteiger partial charge on any atom is -0.497 e. The summed E-state index contributed by atoms with van der Waals surface area (Å²) in [5.41, 5.74) is -3.18. The monoisotopic (exact) mass is 482 g/mol. The van der Waals surface area contributed by atoms with E-state index in [9.17, 15) is 22.8 Å². The highest BCUT2D eigenvalue weighted by Gasteiger charge is 2.63. The fourth-order valence-corrected chi connectivity index (χ4v) is 3.60. The zero-order valence-electron chi connectivity index (χ0n) is 19.6. The summed E-state index contributed by atoms with van der Waals surface area (Å²) in [4.78, 5) is 25.9. The van der Waals surface area contributed by atoms with Gasteiger partial charge in [0.2, 0.25) is 0 Å². The lowest BCUT2D eigenvalue weighted by atomic mass is 9.89. The Bertz CT molecular complexity index is 951. The Morgan fingerprint density at radius 2 is 1.50 bits per heavy atom. The molecule has 2 aromatic rings. The maximum absolute atomic E-state index is 14.3. The molecule has 0 saturated heterocycles. The molecule has 0 aliphatic heterocycles. The highest BCUT2D eigenvalue weighted by Crippen LogP contribution is 2.42. The number of alkyl halides is 3. The van der Waals surface area contributed by atoms with Crippen molar-refractivity contribution in [3.63, 3.8) is 0 Å². The number of carbonyl (C=O) groups is 2. The van der Waals surface area contributed by atoms with Gasteiger partial charge in [-0.1, -0.05) is 44.2 Å². The molecule has 2 rings (SSSR count). The van der Waals surface area contributed by atoms with Crippen molar-refractivity contribution in [1.82, 2.24) is 5.32 Å². The second-order valence-electron chi connectivity index (χ2n) is 7.87. The van der Waals surface area contributed by atoms with E-state index in [0.29, 0.717) is 11.4 Å². The zero-order valence-corrected chi connectivity index (χ0v) is 19.6. The van der Waals surface area contributed by atoms with Crippen molar-refractivity contribution < 1.29 is 37.0 Å². The van der Waals surface area contributed by atoms with Gasteiger partial charge in [0, 0.05) is 18.4 Å². The standard InChI is InChI=1S/C24H29F3N2O5/c1-15(2)19(20(21(30)33-4)28-17-11-13-18(32-3)14-12-17)29-22(31)23(34-5,24(25,26)27)16-9-7-6-8-10-16/h6-15,19-20,28H,1-5H3,(H,29,31)/t19-,20+,23+/m0/s1. The van der Waals surface area contributed by atoms with Crippen LogP contribution in [0.4, 0.5) is 18.9 Å². The van der Waals surface area contributed by atoms with Crippen LogP contribution in [-0.2, 0) is 24.7 Å². The molecular formula is C24H29F3N2O5. The number of hydrogen-bond acceptors (Lipinski definition) is 6. The fourth-order valence-electron chi connectivity index (χ4n) is 3.60. The summed E-state index contributed by atoms with van der Waals surface area (Å²) < 4.78 is 57.7. The Balaban J connectivity index is 2.47. The van der Waals surface area contributed by atoms with Gasteiger partial charge < -0.3 is 24.8 Å². The lowest BCUT2D eigenvalue weighted by Crippen LogP contribution is -2.62. The number of rotatable bonds is 10. The Morgan fingerprint density at radius 1 is 0.912 bits per heavy atom. The first-order valence-electron chi connectivity index (χ1n) is 10.5. The molecule has 1 amide bonds. The molecule has 3 atom stereocenters. The van der Waals surface area contributed by atoms with E-state index in [1.807, 2.05) is 0 Å². The zero-order chi connectivity index (χ0) is 25.5. The maximum atomic E-state index is 14.3. The number of esters is 1. The van der Waals surface area contributed by atoms with E-state index in [1.54, 1.807) is 38.1 Å². The van der Waals surface area contributed by atoms with Gasteiger partial charge in [-0.2, -0.15) is 13.2 Å². The minimum absolute atomic E-state index is 0.386. The summed E-state index contributed by atoms with van der Waals surface area (Å²) in [6.45, 7) is 3.34. The number of ether oxygens (including phenoxy) is 3. The first kappa shape index (κ1) is 27.0. The molecule has 34 heavy (non-hydrogen) atoms. The van der Waals surface area contributed by atoms with Crippen LogP contribution in [0.5, 0.6) is 5.75 Å². The number of anilines is 1. The van der Waals surface area contributed by atoms with Gasteiger partial charge in [-0.05, 0) is 30.2 Å². The SMILES string of the molecule is COC(=O)[C@H](Nc1ccc(OC)cc1)[C@@H](NC(=O)[C@](OC)(c1ccccc1)C(F)(F)F)C(C)C. The Labute approximate surface area is 196 Å². The molecule has 2 aromatic carbocycles. The van der Waals surface area contributed by atoms with Gasteiger partial charge in [-0.3, -0.25) is 4.79 Å². The van der Waals surface area contributed by atoms with Crippen molar-refractivity contribution in [2.45, 2.75) is 37.7 Å². The predicted molar refractivity (Wildman–Crippen MR) is 120 cm³/mol. The number of hydrogen-bond donors (Lipinski definition) is 2. The molecule has 0 aromatic heterocycles. The van der Waals surface area contributed by atoms with E-state index in [0.717, 1.165) is 26.4 Å². The van der Waals surface area contributed by atoms with E-state index < -0.39 is 41.7 Å². The van der Waals surface area contributed by atoms with Gasteiger partial charge in [0.15, 0.2) is 0 Å². The fraction of sp³-hybridized carbons (Fsp3) is 0.417. The molecular weight excluding hydrogens is 453 g/mol. The van der Waals surface area contributed by atoms with Crippen molar-refractivity contribution >= 4 is 17.6 Å². The summed E-state index contributed by atoms with van der Waals surface area (Å²) >= 11 is 0. The third kappa shape index (κ3) is 5.61. The molecule has 0 radical (unpaired) electrons. The third-order valence-electron chi connectivity index (χ3n) is 5.45. The number of carbonyl (C=O) groups excluding carboxylic acids is 2. The molecule has 0 bridgehead atoms. The van der Waals surface area contributed by atoms with Gasteiger partial charge in [0.25, 0.3) is 11.5 Å². The summed E-state index contributed by atoms with van der Waals surface area (Å²) in [5.74, 6) is -2.09. The van der Waals surface area contributed by atoms with Crippen LogP contribution in [0.25, 0.3) is 0 Å². The highest BCUT2D eigenvalue weighted by atomic mass is 19.4. The van der Waals surface area contributed by atoms with Crippen LogP contribution < -0.4 is 15.4 Å². The summed E-state index contributed by atoms with van der Waals surface area (Å²) in [5, 5.41) is 5.35. The minimum atomic E-state index is -5.08. The molecule has 186 valence electrons. The second kappa shape index (κ2) is 11.2. The maximum Gasteiger partial charge on any atom is 0.430 e. The quantitative estimate of drug-likeness (QED) is 0.500. The van der Waals surface area contributed by atoms with E-state index in [2.05, 4.69) is 10.6 Å². The van der Waals surface area contributed by atoms with Crippen LogP contribution in [0.2, 0.25) is 0 Å². The molecule has 7 nitrogen and oxygen atoms in total. The van der Waals surface area contributed by atoms with E-state index in [1.165, 1.54) is 25.3 Å². The number of nitrogens with one attached hydrogen (secondary N) is 2. The first-order chi connectivity index (χ1) is 16.0. The van der Waals surface area contributed by atoms with Crippen molar-refractivity contribution in [1.29, 1.82) is 0 Å². The molecule has 0 saturated carbocycles. The van der Waals surface area contributed by atoms with Gasteiger partial charge in [-0.25, -0.2) is 4.79 Å². The van der Waals surface area contributed by atoms with Gasteiger partial charge >= 0.3 is 12.1 Å². The highest BCUT2D eigenvalue weighted by molar-refractivity contribution is 5.89. The lowest BCUT2D eigenvalue weighted by Gasteiger charge is -2.37. The smallest absolute Gasteiger partial charge is 0.430 e. The van der Waals surface area contributed by atoms with Gasteiger partial charge in [-0.15, -0.1) is 0 Å². The van der Waals surface area contributed by atoms with Crippen molar-refractivity contribution in [3.05, 3.63) is 60.2 Å². The van der Waals surface area contributed by atoms with Gasteiger partial charge in [0.05, 0.1) is 20.3 Å². The van der Waals surface area contributed by atoms with E-state index in [4.69, 9.17) is 14.2 Å². The second-order valence-corrected chi connectivity index (χ2v) is 7.87. The first-order valence-corrected chi connectivity index (χ1v) is 10.5. The molecule has 0 fully saturated rings. The normalized spacial score (nSPS) is 15.1. The van der Waals surface area contributed by atoms with Crippen LogP contribution in [0.3, 0.4) is 0 Å². The van der Waals surface area contributed by atoms with Crippen molar-refractivity contribution in [3.8, 4) is 5.75 Å². The van der Waals surface area contributed by atoms with Crippen molar-refractivity contribution in [2.75, 3.05) is 26.6 Å². The molecule has 0 unspecified atom stereocenters. The number of amides is 1. The lowest BCUT2D eigenvalue weighted by molar-refractivity contribution is -0.266. The van der Waals surface area contributed by atoms with Crippen LogP contribution in [0, 0.1) is 5.92 Å². The topological polar surface area (TPSA) is 85.9 Å². The van der Waals surface area contributed by atoms with Crippen LogP contribution in [0.1, 0.15) is 19.4 Å². The Kier molecular flexibility index (Phi) is 8.92. The Hall–Kier alpha value is -3.27. The molecule has 2 N–H and O–H groups in total. The van der Waals surface area contributed by atoms with Crippen LogP contribution >= 0.6 is 0 Å². The summed E-state index contributed by atoms with van der Waals surface area (Å²) in [7, 11) is 3.47. The number of benzene rings is 2. The molecule has 10 heteroatoms. The van der Waals surface area contributed by atoms with E-state index >= 15 is 0 Å². The average molecular weight is 482 g/mol. The summed E-state index contributed by atoms with van der Waals surface area (Å²) in [6.07, 6.45) is -5.08. The average Bonchev–Trinajstić information content (AvgIpc) is 2.81. The van der Waals surface area contributed by atoms with Gasteiger partial charge in [0.1, 0.15) is 11.8 Å². The van der Waals surface area contributed by atoms with Crippen molar-refractivity contribution in [2.24, 2.45) is 5.92 Å². The predicted octanol–water partition coefficient (Wildman–Crippen LogP) is 3.89. The summed E-state index contributed by atoms with van der Waals surface area (Å²) in [6, 6.07) is 10.9. The van der Waals surface area contributed by atoms with Crippen LogP contribution in [-0.4, -0.2) is 51.5 Å². The van der Waals surface area contributed by atoms with Crippen LogP contribution in [0.15, 0.2) is 54.6 Å². The largest absolute Gasteiger partial charge is 0.497 e. The number of halogens is 3. The third-order valence-corrected chi connectivity index (χ3v) is 5.45. The van der Waals surface area contributed by atoms with E-state index in [-0.39, 0.29) is 5.56 Å². The molecule has 0 heterocycles. The number of methoxy groups -OCH3 is 3. The Morgan fingerprint density at radius 3 is 1.94 bits per heavy atom. The molecule has 0 aliphatic rings.